The first-order valence-corrected chi connectivity index (χ1v) is 7.72. The summed E-state index contributed by atoms with van der Waals surface area (Å²) >= 11 is 9.03. The molecule has 104 valence electrons. The highest BCUT2D eigenvalue weighted by atomic mass is 79.9. The van der Waals surface area contributed by atoms with Gasteiger partial charge in [0.15, 0.2) is 0 Å². The van der Waals surface area contributed by atoms with Crippen molar-refractivity contribution in [2.75, 3.05) is 20.1 Å². The van der Waals surface area contributed by atoms with Gasteiger partial charge in [0, 0.05) is 6.54 Å². The van der Waals surface area contributed by atoms with Gasteiger partial charge in [-0.2, -0.15) is 0 Å². The molecule has 18 heavy (non-hydrogen) atoms. The predicted octanol–water partition coefficient (Wildman–Crippen LogP) is 2.41. The third kappa shape index (κ3) is 5.03. The number of benzene rings is 1. The van der Waals surface area contributed by atoms with Crippen LogP contribution in [0.25, 0.3) is 0 Å². The molecule has 0 aliphatic rings. The van der Waals surface area contributed by atoms with Crippen molar-refractivity contribution in [3.63, 3.8) is 0 Å². The van der Waals surface area contributed by atoms with Gasteiger partial charge >= 0.3 is 0 Å². The fourth-order valence-electron chi connectivity index (χ4n) is 1.24. The van der Waals surface area contributed by atoms with Crippen molar-refractivity contribution in [1.29, 1.82) is 0 Å². The molecule has 0 saturated carbocycles. The number of rotatable bonds is 6. The van der Waals surface area contributed by atoms with Gasteiger partial charge in [0.2, 0.25) is 10.0 Å². The normalized spacial score (nSPS) is 11.1. The quantitative estimate of drug-likeness (QED) is 0.748. The summed E-state index contributed by atoms with van der Waals surface area (Å²) < 4.78 is 26.8. The summed E-state index contributed by atoms with van der Waals surface area (Å²) in [5.74, 6) is 0. The molecule has 0 radical (unpaired) electrons. The third-order valence-electron chi connectivity index (χ3n) is 2.10. The van der Waals surface area contributed by atoms with Crippen LogP contribution in [0.2, 0.25) is 5.02 Å². The Morgan fingerprint density at radius 1 is 1.33 bits per heavy atom. The molecule has 1 rings (SSSR count). The van der Waals surface area contributed by atoms with Gasteiger partial charge < -0.3 is 5.32 Å². The van der Waals surface area contributed by atoms with E-state index in [0.717, 1.165) is 13.0 Å². The Balaban J connectivity index is 0.00000289. The van der Waals surface area contributed by atoms with Crippen molar-refractivity contribution in [2.24, 2.45) is 0 Å². The molecule has 0 amide bonds. The second-order valence-corrected chi connectivity index (χ2v) is 6.34. The van der Waals surface area contributed by atoms with Crippen LogP contribution >= 0.6 is 39.9 Å². The summed E-state index contributed by atoms with van der Waals surface area (Å²) in [6.07, 6.45) is 0.730. The van der Waals surface area contributed by atoms with Crippen LogP contribution < -0.4 is 10.0 Å². The van der Waals surface area contributed by atoms with E-state index in [2.05, 4.69) is 26.0 Å². The predicted molar refractivity (Wildman–Crippen MR) is 80.1 cm³/mol. The summed E-state index contributed by atoms with van der Waals surface area (Å²) in [6.45, 7) is 1.15. The topological polar surface area (TPSA) is 58.2 Å². The van der Waals surface area contributed by atoms with Crippen molar-refractivity contribution >= 4 is 50.0 Å². The summed E-state index contributed by atoms with van der Waals surface area (Å²) in [5, 5.41) is 3.33. The Labute approximate surface area is 127 Å². The molecule has 4 nitrogen and oxygen atoms in total. The Bertz CT molecular complexity index is 483. The van der Waals surface area contributed by atoms with E-state index in [1.54, 1.807) is 12.1 Å². The van der Waals surface area contributed by atoms with Crippen LogP contribution in [0.1, 0.15) is 6.42 Å². The molecule has 0 unspecified atom stereocenters. The van der Waals surface area contributed by atoms with Crippen LogP contribution in [-0.4, -0.2) is 28.6 Å². The number of hydrogen-bond acceptors (Lipinski definition) is 3. The van der Waals surface area contributed by atoms with Gasteiger partial charge in [-0.25, -0.2) is 13.1 Å². The lowest BCUT2D eigenvalue weighted by Gasteiger charge is -2.09. The van der Waals surface area contributed by atoms with Crippen LogP contribution in [0.4, 0.5) is 0 Å². The lowest BCUT2D eigenvalue weighted by Crippen LogP contribution is -2.27. The minimum atomic E-state index is -3.50. The van der Waals surface area contributed by atoms with Gasteiger partial charge in [-0.15, -0.1) is 12.4 Å². The molecule has 0 fully saturated rings. The van der Waals surface area contributed by atoms with E-state index in [9.17, 15) is 8.42 Å². The van der Waals surface area contributed by atoms with Gasteiger partial charge in [0.25, 0.3) is 0 Å². The van der Waals surface area contributed by atoms with Crippen molar-refractivity contribution in [3.8, 4) is 0 Å². The van der Waals surface area contributed by atoms with E-state index in [0.29, 0.717) is 16.0 Å². The zero-order valence-electron chi connectivity index (χ0n) is 9.74. The first-order valence-electron chi connectivity index (χ1n) is 5.07. The standard InChI is InChI=1S/C10H14BrClN2O2S.ClH/c1-13-6-3-7-14-17(15,16)9-5-2-4-8(12)10(9)11;/h2,4-5,13-14H,3,6-7H2,1H3;1H. The van der Waals surface area contributed by atoms with Gasteiger partial charge in [-0.3, -0.25) is 0 Å². The smallest absolute Gasteiger partial charge is 0.241 e. The van der Waals surface area contributed by atoms with Crippen LogP contribution in [0.15, 0.2) is 27.6 Å². The first-order chi connectivity index (χ1) is 7.99. The highest BCUT2D eigenvalue weighted by Gasteiger charge is 2.18. The molecule has 2 N–H and O–H groups in total. The largest absolute Gasteiger partial charge is 0.320 e. The number of hydrogen-bond donors (Lipinski definition) is 2. The Morgan fingerprint density at radius 3 is 2.61 bits per heavy atom. The van der Waals surface area contributed by atoms with E-state index < -0.39 is 10.0 Å². The van der Waals surface area contributed by atoms with Crippen LogP contribution in [-0.2, 0) is 10.0 Å². The van der Waals surface area contributed by atoms with Gasteiger partial charge in [-0.05, 0) is 48.1 Å². The highest BCUT2D eigenvalue weighted by Crippen LogP contribution is 2.29. The summed E-state index contributed by atoms with van der Waals surface area (Å²) in [5.41, 5.74) is 0. The van der Waals surface area contributed by atoms with Crippen molar-refractivity contribution < 1.29 is 8.42 Å². The maximum Gasteiger partial charge on any atom is 0.241 e. The molecule has 0 heterocycles. The lowest BCUT2D eigenvalue weighted by molar-refractivity contribution is 0.576. The number of halogens is 3. The highest BCUT2D eigenvalue weighted by molar-refractivity contribution is 9.10. The zero-order chi connectivity index (χ0) is 12.9. The molecular formula is C10H15BrCl2N2O2S. The molecule has 1 aromatic carbocycles. The Morgan fingerprint density at radius 2 is 2.00 bits per heavy atom. The summed E-state index contributed by atoms with van der Waals surface area (Å²) in [4.78, 5) is 0.162. The van der Waals surface area contributed by atoms with Crippen molar-refractivity contribution in [1.82, 2.24) is 10.0 Å². The van der Waals surface area contributed by atoms with E-state index in [1.807, 2.05) is 7.05 Å². The molecule has 0 aliphatic carbocycles. The third-order valence-corrected chi connectivity index (χ3v) is 5.26. The Kier molecular flexibility index (Phi) is 8.42. The Hall–Kier alpha value is 0.150. The van der Waals surface area contributed by atoms with Crippen LogP contribution in [0, 0.1) is 0 Å². The van der Waals surface area contributed by atoms with Crippen molar-refractivity contribution in [3.05, 3.63) is 27.7 Å². The molecule has 0 aliphatic heterocycles. The molecule has 0 bridgehead atoms. The van der Waals surface area contributed by atoms with E-state index in [-0.39, 0.29) is 17.3 Å². The fourth-order valence-corrected chi connectivity index (χ4v) is 3.55. The van der Waals surface area contributed by atoms with Crippen LogP contribution in [0.3, 0.4) is 0 Å². The molecule has 0 spiro atoms. The minimum absolute atomic E-state index is 0. The monoisotopic (exact) mass is 376 g/mol. The maximum atomic E-state index is 11.9. The molecule has 8 heteroatoms. The van der Waals surface area contributed by atoms with E-state index in [4.69, 9.17) is 11.6 Å². The summed E-state index contributed by atoms with van der Waals surface area (Å²) in [7, 11) is -1.68. The van der Waals surface area contributed by atoms with Gasteiger partial charge in [-0.1, -0.05) is 17.7 Å². The van der Waals surface area contributed by atoms with E-state index >= 15 is 0 Å². The zero-order valence-corrected chi connectivity index (χ0v) is 13.7. The number of sulfonamides is 1. The molecule has 0 aromatic heterocycles. The number of nitrogens with one attached hydrogen (secondary N) is 2. The average molecular weight is 378 g/mol. The van der Waals surface area contributed by atoms with Gasteiger partial charge in [0.05, 0.1) is 14.4 Å². The van der Waals surface area contributed by atoms with Gasteiger partial charge in [0.1, 0.15) is 0 Å². The van der Waals surface area contributed by atoms with Crippen LogP contribution in [0.5, 0.6) is 0 Å². The maximum absolute atomic E-state index is 11.9. The molecule has 0 atom stereocenters. The first kappa shape index (κ1) is 18.1. The minimum Gasteiger partial charge on any atom is -0.320 e. The molecule has 0 saturated heterocycles. The second-order valence-electron chi connectivity index (χ2n) is 3.41. The molecule has 1 aromatic rings. The average Bonchev–Trinajstić information content (AvgIpc) is 2.28. The lowest BCUT2D eigenvalue weighted by atomic mass is 10.4. The molecular weight excluding hydrogens is 363 g/mol. The SMILES string of the molecule is CNCCCNS(=O)(=O)c1cccc(Cl)c1Br.Cl. The van der Waals surface area contributed by atoms with E-state index in [1.165, 1.54) is 6.07 Å². The summed E-state index contributed by atoms with van der Waals surface area (Å²) in [6, 6.07) is 4.75. The second kappa shape index (κ2) is 8.35. The fraction of sp³-hybridized carbons (Fsp3) is 0.400. The van der Waals surface area contributed by atoms with Crippen molar-refractivity contribution in [2.45, 2.75) is 11.3 Å².